The molecule has 0 aromatic heterocycles. The minimum absolute atomic E-state index is 0.135. The first kappa shape index (κ1) is 15.4. The maximum absolute atomic E-state index is 11.9. The van der Waals surface area contributed by atoms with Gasteiger partial charge in [-0.15, -0.1) is 0 Å². The van der Waals surface area contributed by atoms with Crippen molar-refractivity contribution in [2.24, 2.45) is 11.8 Å². The molecule has 1 aromatic rings. The number of carbonyl (C=O) groups is 1. The van der Waals surface area contributed by atoms with Gasteiger partial charge in [0.25, 0.3) is 5.69 Å². The predicted octanol–water partition coefficient (Wildman–Crippen LogP) is 2.34. The van der Waals surface area contributed by atoms with Crippen LogP contribution in [0.5, 0.6) is 5.75 Å². The number of amides is 1. The van der Waals surface area contributed by atoms with Gasteiger partial charge in [0.15, 0.2) is 0 Å². The molecule has 0 aliphatic heterocycles. The van der Waals surface area contributed by atoms with E-state index >= 15 is 0 Å². The number of hydrogen-bond acceptors (Lipinski definition) is 5. The molecule has 0 aliphatic carbocycles. The fourth-order valence-corrected chi connectivity index (χ4v) is 1.62. The Kier molecular flexibility index (Phi) is 5.03. The Morgan fingerprint density at radius 1 is 1.50 bits per heavy atom. The van der Waals surface area contributed by atoms with Crippen molar-refractivity contribution in [1.29, 1.82) is 5.26 Å². The van der Waals surface area contributed by atoms with Crippen LogP contribution < -0.4 is 10.1 Å². The highest BCUT2D eigenvalue weighted by atomic mass is 16.6. The fourth-order valence-electron chi connectivity index (χ4n) is 1.62. The van der Waals surface area contributed by atoms with Crippen molar-refractivity contribution >= 4 is 17.3 Å². The molecule has 0 radical (unpaired) electrons. The molecule has 1 unspecified atom stereocenters. The van der Waals surface area contributed by atoms with Crippen LogP contribution in [-0.2, 0) is 4.79 Å². The highest BCUT2D eigenvalue weighted by molar-refractivity contribution is 5.95. The van der Waals surface area contributed by atoms with E-state index in [9.17, 15) is 14.9 Å². The van der Waals surface area contributed by atoms with Crippen LogP contribution >= 0.6 is 0 Å². The lowest BCUT2D eigenvalue weighted by Gasteiger charge is -2.14. The first-order chi connectivity index (χ1) is 9.40. The first-order valence-corrected chi connectivity index (χ1v) is 5.93. The lowest BCUT2D eigenvalue weighted by molar-refractivity contribution is -0.384. The van der Waals surface area contributed by atoms with E-state index in [1.807, 2.05) is 6.07 Å². The van der Waals surface area contributed by atoms with Crippen LogP contribution in [0.4, 0.5) is 11.4 Å². The monoisotopic (exact) mass is 277 g/mol. The molecule has 0 heterocycles. The van der Waals surface area contributed by atoms with E-state index in [2.05, 4.69) is 5.32 Å². The third kappa shape index (κ3) is 3.45. The highest BCUT2D eigenvalue weighted by Crippen LogP contribution is 2.29. The molecular formula is C13H15N3O4. The van der Waals surface area contributed by atoms with Gasteiger partial charge in [0.2, 0.25) is 5.91 Å². The molecule has 7 nitrogen and oxygen atoms in total. The quantitative estimate of drug-likeness (QED) is 0.656. The van der Waals surface area contributed by atoms with Crippen molar-refractivity contribution < 1.29 is 14.5 Å². The number of anilines is 1. The second kappa shape index (κ2) is 6.52. The number of benzene rings is 1. The van der Waals surface area contributed by atoms with Gasteiger partial charge in [0, 0.05) is 6.07 Å². The average molecular weight is 277 g/mol. The molecule has 0 saturated carbocycles. The maximum Gasteiger partial charge on any atom is 0.273 e. The molecule has 20 heavy (non-hydrogen) atoms. The summed E-state index contributed by atoms with van der Waals surface area (Å²) in [6.07, 6.45) is 0. The SMILES string of the molecule is COc1cc([N+](=O)[O-])ccc1NC(=O)C(C#N)C(C)C. The predicted molar refractivity (Wildman–Crippen MR) is 72.2 cm³/mol. The van der Waals surface area contributed by atoms with Gasteiger partial charge in [0.1, 0.15) is 11.7 Å². The van der Waals surface area contributed by atoms with Crippen molar-refractivity contribution in [3.05, 3.63) is 28.3 Å². The van der Waals surface area contributed by atoms with Gasteiger partial charge in [-0.3, -0.25) is 14.9 Å². The van der Waals surface area contributed by atoms with Gasteiger partial charge >= 0.3 is 0 Å². The molecular weight excluding hydrogens is 262 g/mol. The summed E-state index contributed by atoms with van der Waals surface area (Å²) in [6, 6.07) is 5.78. The van der Waals surface area contributed by atoms with Gasteiger partial charge in [-0.05, 0) is 12.0 Å². The lowest BCUT2D eigenvalue weighted by atomic mass is 9.96. The van der Waals surface area contributed by atoms with Gasteiger partial charge in [0.05, 0.1) is 29.9 Å². The summed E-state index contributed by atoms with van der Waals surface area (Å²) in [6.45, 7) is 3.53. The van der Waals surface area contributed by atoms with E-state index in [0.29, 0.717) is 5.69 Å². The van der Waals surface area contributed by atoms with Crippen LogP contribution in [-0.4, -0.2) is 17.9 Å². The zero-order valence-electron chi connectivity index (χ0n) is 11.4. The molecule has 0 spiro atoms. The third-order valence-electron chi connectivity index (χ3n) is 2.74. The minimum atomic E-state index is -0.796. The van der Waals surface area contributed by atoms with Crippen molar-refractivity contribution in [2.75, 3.05) is 12.4 Å². The van der Waals surface area contributed by atoms with Crippen molar-refractivity contribution in [2.45, 2.75) is 13.8 Å². The number of methoxy groups -OCH3 is 1. The van der Waals surface area contributed by atoms with Crippen LogP contribution in [0.1, 0.15) is 13.8 Å². The number of ether oxygens (including phenoxy) is 1. The Labute approximate surface area is 116 Å². The average Bonchev–Trinajstić information content (AvgIpc) is 2.39. The zero-order chi connectivity index (χ0) is 15.3. The Morgan fingerprint density at radius 3 is 2.60 bits per heavy atom. The number of non-ortho nitro benzene ring substituents is 1. The lowest BCUT2D eigenvalue weighted by Crippen LogP contribution is -2.25. The topological polar surface area (TPSA) is 105 Å². The summed E-state index contributed by atoms with van der Waals surface area (Å²) < 4.78 is 5.01. The number of nitro benzene ring substituents is 1. The minimum Gasteiger partial charge on any atom is -0.494 e. The maximum atomic E-state index is 11.9. The first-order valence-electron chi connectivity index (χ1n) is 5.93. The van der Waals surface area contributed by atoms with E-state index in [0.717, 1.165) is 0 Å². The summed E-state index contributed by atoms with van der Waals surface area (Å²) in [5.41, 5.74) is 0.157. The number of nitrogens with zero attached hydrogens (tertiary/aromatic N) is 2. The normalized spacial score (nSPS) is 11.6. The summed E-state index contributed by atoms with van der Waals surface area (Å²) in [4.78, 5) is 22.1. The molecule has 1 amide bonds. The summed E-state index contributed by atoms with van der Waals surface area (Å²) in [5.74, 6) is -1.22. The number of nitro groups is 1. The van der Waals surface area contributed by atoms with Gasteiger partial charge in [-0.1, -0.05) is 13.8 Å². The molecule has 1 rings (SSSR count). The number of nitriles is 1. The molecule has 0 aliphatic rings. The molecule has 0 bridgehead atoms. The van der Waals surface area contributed by atoms with E-state index < -0.39 is 16.7 Å². The van der Waals surface area contributed by atoms with Crippen LogP contribution in [0.25, 0.3) is 0 Å². The molecule has 1 aromatic carbocycles. The Balaban J connectivity index is 3.01. The van der Waals surface area contributed by atoms with E-state index in [-0.39, 0.29) is 17.4 Å². The van der Waals surface area contributed by atoms with Crippen molar-refractivity contribution in [1.82, 2.24) is 0 Å². The van der Waals surface area contributed by atoms with Gasteiger partial charge in [-0.25, -0.2) is 0 Å². The molecule has 1 N–H and O–H groups in total. The molecule has 106 valence electrons. The Hall–Kier alpha value is -2.62. The fraction of sp³-hybridized carbons (Fsp3) is 0.385. The zero-order valence-corrected chi connectivity index (χ0v) is 11.4. The molecule has 0 saturated heterocycles. The third-order valence-corrected chi connectivity index (χ3v) is 2.74. The second-order valence-electron chi connectivity index (χ2n) is 4.48. The van der Waals surface area contributed by atoms with Crippen molar-refractivity contribution in [3.8, 4) is 11.8 Å². The number of rotatable bonds is 5. The summed E-state index contributed by atoms with van der Waals surface area (Å²) >= 11 is 0. The van der Waals surface area contributed by atoms with Gasteiger partial charge in [-0.2, -0.15) is 5.26 Å². The Morgan fingerprint density at radius 2 is 2.15 bits per heavy atom. The van der Waals surface area contributed by atoms with E-state index in [4.69, 9.17) is 10.00 Å². The number of hydrogen-bond donors (Lipinski definition) is 1. The van der Waals surface area contributed by atoms with Gasteiger partial charge < -0.3 is 10.1 Å². The molecule has 1 atom stereocenters. The summed E-state index contributed by atoms with van der Waals surface area (Å²) in [7, 11) is 1.35. The van der Waals surface area contributed by atoms with Crippen LogP contribution in [0.3, 0.4) is 0 Å². The largest absolute Gasteiger partial charge is 0.494 e. The highest BCUT2D eigenvalue weighted by Gasteiger charge is 2.23. The number of nitrogens with one attached hydrogen (secondary N) is 1. The second-order valence-corrected chi connectivity index (χ2v) is 4.48. The Bertz CT molecular complexity index is 563. The van der Waals surface area contributed by atoms with Crippen molar-refractivity contribution in [3.63, 3.8) is 0 Å². The van der Waals surface area contributed by atoms with Crippen LogP contribution in [0.2, 0.25) is 0 Å². The molecule has 0 fully saturated rings. The van der Waals surface area contributed by atoms with Crippen LogP contribution in [0, 0.1) is 33.3 Å². The molecule has 7 heteroatoms. The van der Waals surface area contributed by atoms with Crippen LogP contribution in [0.15, 0.2) is 18.2 Å². The summed E-state index contributed by atoms with van der Waals surface area (Å²) in [5, 5.41) is 22.2. The smallest absolute Gasteiger partial charge is 0.273 e. The van der Waals surface area contributed by atoms with E-state index in [1.54, 1.807) is 13.8 Å². The standard InChI is InChI=1S/C13H15N3O4/c1-8(2)10(7-14)13(17)15-11-5-4-9(16(18)19)6-12(11)20-3/h4-6,8,10H,1-3H3,(H,15,17). The number of carbonyl (C=O) groups excluding carboxylic acids is 1. The van der Waals surface area contributed by atoms with E-state index in [1.165, 1.54) is 25.3 Å².